The fraction of sp³-hybridized carbons (Fsp3) is 0.0667. The van der Waals surface area contributed by atoms with Crippen molar-refractivity contribution < 1.29 is 0 Å². The highest BCUT2D eigenvalue weighted by Crippen LogP contribution is 2.56. The van der Waals surface area contributed by atoms with E-state index in [0.717, 1.165) is 6.54 Å². The standard InChI is InChI=1S/C30H22N2S2/c1-2-16-26-21(9-1)27-22-12-7-10-19(24-14-3-5-17-31-24)28(22)34-29-20(25-15-4-6-18-32-25)11-8-13-23(29)30(27)33-26/h1-17,24,31-32H,18H2. The quantitative estimate of drug-likeness (QED) is 0.272. The van der Waals surface area contributed by atoms with Crippen LogP contribution < -0.4 is 10.6 Å². The Morgan fingerprint density at radius 2 is 1.68 bits per heavy atom. The van der Waals surface area contributed by atoms with Gasteiger partial charge in [-0.25, -0.2) is 0 Å². The van der Waals surface area contributed by atoms with Crippen LogP contribution in [0.25, 0.3) is 37.4 Å². The summed E-state index contributed by atoms with van der Waals surface area (Å²) in [5.74, 6) is 0. The number of fused-ring (bicyclic) bond motifs is 7. The van der Waals surface area contributed by atoms with Crippen molar-refractivity contribution in [1.82, 2.24) is 10.6 Å². The van der Waals surface area contributed by atoms with Crippen LogP contribution in [0.3, 0.4) is 0 Å². The number of thiophene rings is 1. The van der Waals surface area contributed by atoms with Crippen LogP contribution in [0.1, 0.15) is 17.2 Å². The van der Waals surface area contributed by atoms with Crippen LogP contribution in [-0.2, 0) is 0 Å². The maximum atomic E-state index is 3.59. The molecule has 0 fully saturated rings. The monoisotopic (exact) mass is 474 g/mol. The molecule has 0 saturated heterocycles. The zero-order chi connectivity index (χ0) is 22.5. The van der Waals surface area contributed by atoms with Crippen molar-refractivity contribution >= 4 is 38.9 Å². The summed E-state index contributed by atoms with van der Waals surface area (Å²) in [6.07, 6.45) is 15.0. The van der Waals surface area contributed by atoms with Gasteiger partial charge in [-0.2, -0.15) is 0 Å². The average Bonchev–Trinajstić information content (AvgIpc) is 3.22. The summed E-state index contributed by atoms with van der Waals surface area (Å²) in [4.78, 5) is 4.02. The lowest BCUT2D eigenvalue weighted by molar-refractivity contribution is 0.733. The van der Waals surface area contributed by atoms with Crippen molar-refractivity contribution in [2.75, 3.05) is 6.54 Å². The number of rotatable bonds is 2. The van der Waals surface area contributed by atoms with E-state index in [1.54, 1.807) is 0 Å². The first kappa shape index (κ1) is 20.0. The molecule has 3 aliphatic rings. The molecule has 2 nitrogen and oxygen atoms in total. The van der Waals surface area contributed by atoms with Gasteiger partial charge in [0.25, 0.3) is 0 Å². The second-order valence-corrected chi connectivity index (χ2v) is 10.7. The lowest BCUT2D eigenvalue weighted by Crippen LogP contribution is -2.16. The van der Waals surface area contributed by atoms with Crippen molar-refractivity contribution in [1.29, 1.82) is 0 Å². The molecule has 0 amide bonds. The highest BCUT2D eigenvalue weighted by Gasteiger charge is 2.29. The molecule has 2 N–H and O–H groups in total. The van der Waals surface area contributed by atoms with E-state index in [-0.39, 0.29) is 6.04 Å². The maximum Gasteiger partial charge on any atom is 0.0706 e. The minimum absolute atomic E-state index is 0.157. The van der Waals surface area contributed by atoms with Crippen LogP contribution in [-0.4, -0.2) is 6.54 Å². The third kappa shape index (κ3) is 3.10. The fourth-order valence-corrected chi connectivity index (χ4v) is 7.72. The molecule has 0 radical (unpaired) electrons. The van der Waals surface area contributed by atoms with Gasteiger partial charge < -0.3 is 10.6 Å². The fourth-order valence-electron chi connectivity index (χ4n) is 5.04. The van der Waals surface area contributed by atoms with Gasteiger partial charge in [0, 0.05) is 53.7 Å². The van der Waals surface area contributed by atoms with E-state index in [1.165, 1.54) is 58.3 Å². The summed E-state index contributed by atoms with van der Waals surface area (Å²) >= 11 is 3.83. The van der Waals surface area contributed by atoms with Crippen molar-refractivity contribution in [2.45, 2.75) is 15.8 Å². The first-order valence-electron chi connectivity index (χ1n) is 11.5. The molecule has 0 bridgehead atoms. The van der Waals surface area contributed by atoms with E-state index in [2.05, 4.69) is 108 Å². The average molecular weight is 475 g/mol. The Morgan fingerprint density at radius 1 is 0.794 bits per heavy atom. The number of allylic oxidation sites excluding steroid dienone is 4. The Bertz CT molecular complexity index is 1570. The van der Waals surface area contributed by atoms with Gasteiger partial charge in [0.15, 0.2) is 0 Å². The second kappa shape index (κ2) is 8.08. The molecular formula is C30H22N2S2. The van der Waals surface area contributed by atoms with Crippen LogP contribution in [0.4, 0.5) is 0 Å². The molecule has 1 unspecified atom stereocenters. The van der Waals surface area contributed by atoms with Crippen LogP contribution in [0.5, 0.6) is 0 Å². The minimum Gasteiger partial charge on any atom is -0.381 e. The molecule has 4 heteroatoms. The van der Waals surface area contributed by atoms with Gasteiger partial charge >= 0.3 is 0 Å². The third-order valence-corrected chi connectivity index (χ3v) is 9.10. The highest BCUT2D eigenvalue weighted by molar-refractivity contribution is 7.99. The summed E-state index contributed by atoms with van der Waals surface area (Å²) in [5, 5.41) is 8.48. The summed E-state index contributed by atoms with van der Waals surface area (Å²) in [7, 11) is 0. The van der Waals surface area contributed by atoms with Gasteiger partial charge in [0.2, 0.25) is 0 Å². The Hall–Kier alpha value is -3.47. The SMILES string of the molecule is C1=CCNC(c2cccc3c2Sc2c(cccc2C2C=CC=CN2)-c2c-3sc3ccccc23)=C1. The van der Waals surface area contributed by atoms with Crippen molar-refractivity contribution in [3.8, 4) is 21.6 Å². The molecule has 3 aromatic carbocycles. The van der Waals surface area contributed by atoms with Gasteiger partial charge in [0.05, 0.1) is 6.04 Å². The Kier molecular flexibility index (Phi) is 4.74. The summed E-state index contributed by atoms with van der Waals surface area (Å²) < 4.78 is 1.34. The number of nitrogens with one attached hydrogen (secondary N) is 2. The lowest BCUT2D eigenvalue weighted by Gasteiger charge is -2.22. The van der Waals surface area contributed by atoms with E-state index in [1.807, 2.05) is 29.3 Å². The van der Waals surface area contributed by atoms with Crippen LogP contribution in [0.2, 0.25) is 0 Å². The number of hydrogen-bond donors (Lipinski definition) is 2. The van der Waals surface area contributed by atoms with E-state index in [4.69, 9.17) is 0 Å². The van der Waals surface area contributed by atoms with Crippen molar-refractivity contribution in [2.24, 2.45) is 0 Å². The van der Waals surface area contributed by atoms with E-state index >= 15 is 0 Å². The smallest absolute Gasteiger partial charge is 0.0706 e. The number of benzene rings is 3. The van der Waals surface area contributed by atoms with E-state index in [9.17, 15) is 0 Å². The molecule has 164 valence electrons. The molecule has 1 atom stereocenters. The Balaban J connectivity index is 1.56. The van der Waals surface area contributed by atoms with Crippen LogP contribution in [0, 0.1) is 0 Å². The number of hydrogen-bond acceptors (Lipinski definition) is 4. The topological polar surface area (TPSA) is 24.1 Å². The van der Waals surface area contributed by atoms with E-state index in [0.29, 0.717) is 0 Å². The summed E-state index contributed by atoms with van der Waals surface area (Å²) in [6.45, 7) is 0.860. The molecule has 0 aliphatic carbocycles. The molecule has 4 aromatic rings. The summed E-state index contributed by atoms with van der Waals surface area (Å²) in [6, 6.07) is 22.5. The zero-order valence-electron chi connectivity index (χ0n) is 18.4. The lowest BCUT2D eigenvalue weighted by atomic mass is 9.94. The number of dihydropyridines is 2. The molecule has 0 saturated carbocycles. The Morgan fingerprint density at radius 3 is 2.56 bits per heavy atom. The molecule has 7 rings (SSSR count). The largest absolute Gasteiger partial charge is 0.381 e. The van der Waals surface area contributed by atoms with Crippen LogP contribution in [0.15, 0.2) is 113 Å². The van der Waals surface area contributed by atoms with Gasteiger partial charge in [-0.1, -0.05) is 90.7 Å². The molecule has 0 spiro atoms. The van der Waals surface area contributed by atoms with Crippen molar-refractivity contribution in [3.63, 3.8) is 0 Å². The van der Waals surface area contributed by atoms with Crippen molar-refractivity contribution in [3.05, 3.63) is 114 Å². The maximum absolute atomic E-state index is 3.59. The first-order valence-corrected chi connectivity index (χ1v) is 13.2. The molecule has 1 aromatic heterocycles. The van der Waals surface area contributed by atoms with Gasteiger partial charge in [-0.05, 0) is 35.5 Å². The van der Waals surface area contributed by atoms with Crippen LogP contribution >= 0.6 is 23.1 Å². The van der Waals surface area contributed by atoms with Gasteiger partial charge in [0.1, 0.15) is 0 Å². The van der Waals surface area contributed by atoms with Gasteiger partial charge in [-0.15, -0.1) is 11.3 Å². The molecule has 4 heterocycles. The van der Waals surface area contributed by atoms with Gasteiger partial charge in [-0.3, -0.25) is 0 Å². The van der Waals surface area contributed by atoms with E-state index < -0.39 is 0 Å². The highest BCUT2D eigenvalue weighted by atomic mass is 32.2. The Labute approximate surface area is 207 Å². The molecular weight excluding hydrogens is 452 g/mol. The third-order valence-electron chi connectivity index (χ3n) is 6.60. The first-order chi connectivity index (χ1) is 16.9. The zero-order valence-corrected chi connectivity index (χ0v) is 20.0. The normalized spacial score (nSPS) is 17.8. The molecule has 3 aliphatic heterocycles. The molecule has 34 heavy (non-hydrogen) atoms. The second-order valence-electron chi connectivity index (χ2n) is 8.59. The summed E-state index contributed by atoms with van der Waals surface area (Å²) in [5.41, 5.74) is 7.79. The predicted octanol–water partition coefficient (Wildman–Crippen LogP) is 7.91. The minimum atomic E-state index is 0.157. The predicted molar refractivity (Wildman–Crippen MR) is 146 cm³/mol.